The van der Waals surface area contributed by atoms with E-state index in [1.807, 2.05) is 0 Å². The summed E-state index contributed by atoms with van der Waals surface area (Å²) in [6.45, 7) is 12.3. The number of rotatable bonds is 6. The Kier molecular flexibility index (Phi) is 9.22. The van der Waals surface area contributed by atoms with Gasteiger partial charge in [0.1, 0.15) is 0 Å². The van der Waals surface area contributed by atoms with Crippen molar-refractivity contribution in [3.8, 4) is 0 Å². The van der Waals surface area contributed by atoms with Crippen molar-refractivity contribution in [1.29, 1.82) is 0 Å². The van der Waals surface area contributed by atoms with Crippen LogP contribution in [0.5, 0.6) is 0 Å². The minimum Gasteiger partial charge on any atom is -1.00 e. The molecule has 1 heterocycles. The van der Waals surface area contributed by atoms with Gasteiger partial charge < -0.3 is 28.5 Å². The lowest BCUT2D eigenvalue weighted by molar-refractivity contribution is -0.908. The Labute approximate surface area is 131 Å². The average Bonchev–Trinajstić information content (AvgIpc) is 2.27. The Bertz CT molecular complexity index is 275. The van der Waals surface area contributed by atoms with Crippen molar-refractivity contribution in [1.82, 2.24) is 0 Å². The molecule has 0 N–H and O–H groups in total. The Morgan fingerprint density at radius 2 is 1.72 bits per heavy atom. The molecule has 1 saturated heterocycles. The highest BCUT2D eigenvalue weighted by Crippen LogP contribution is 2.17. The van der Waals surface area contributed by atoms with Gasteiger partial charge in [-0.2, -0.15) is 0 Å². The van der Waals surface area contributed by atoms with Gasteiger partial charge >= 0.3 is 0 Å². The van der Waals surface area contributed by atoms with Crippen LogP contribution in [-0.4, -0.2) is 31.2 Å². The van der Waals surface area contributed by atoms with Crippen LogP contribution in [0.25, 0.3) is 0 Å². The van der Waals surface area contributed by atoms with E-state index >= 15 is 0 Å². The van der Waals surface area contributed by atoms with Crippen LogP contribution in [0.1, 0.15) is 52.4 Å². The fraction of sp³-hybridized carbons (Fsp3) is 0.750. The third kappa shape index (κ3) is 7.57. The molecule has 0 spiro atoms. The number of halogens is 1. The smallest absolute Gasteiger partial charge is 0.0974 e. The summed E-state index contributed by atoms with van der Waals surface area (Å²) in [6, 6.07) is 0. The van der Waals surface area contributed by atoms with Crippen LogP contribution < -0.4 is 24.0 Å². The van der Waals surface area contributed by atoms with Crippen molar-refractivity contribution in [2.75, 3.05) is 26.7 Å². The Balaban J connectivity index is 0.00000289. The van der Waals surface area contributed by atoms with Gasteiger partial charge in [0.2, 0.25) is 0 Å². The molecule has 106 valence electrons. The molecule has 1 aliphatic rings. The first-order valence-corrected chi connectivity index (χ1v) is 7.15. The molecule has 0 aromatic heterocycles. The van der Waals surface area contributed by atoms with Crippen molar-refractivity contribution in [3.63, 3.8) is 0 Å². The van der Waals surface area contributed by atoms with Gasteiger partial charge in [-0.15, -0.1) is 6.58 Å². The Morgan fingerprint density at radius 1 is 1.11 bits per heavy atom. The van der Waals surface area contributed by atoms with Crippen molar-refractivity contribution < 1.29 is 28.5 Å². The summed E-state index contributed by atoms with van der Waals surface area (Å²) in [5.41, 5.74) is 2.88. The molecule has 0 amide bonds. The largest absolute Gasteiger partial charge is 1.00 e. The monoisotopic (exact) mass is 363 g/mol. The van der Waals surface area contributed by atoms with E-state index in [-0.39, 0.29) is 24.0 Å². The van der Waals surface area contributed by atoms with Crippen molar-refractivity contribution in [3.05, 3.63) is 23.8 Å². The van der Waals surface area contributed by atoms with Crippen molar-refractivity contribution in [2.24, 2.45) is 0 Å². The number of quaternary nitrogens is 1. The van der Waals surface area contributed by atoms with Gasteiger partial charge in [0.25, 0.3) is 0 Å². The molecule has 0 aromatic carbocycles. The summed E-state index contributed by atoms with van der Waals surface area (Å²) in [5, 5.41) is 0. The minimum absolute atomic E-state index is 0. The predicted octanol–water partition coefficient (Wildman–Crippen LogP) is 1.31. The van der Waals surface area contributed by atoms with Crippen LogP contribution in [0.4, 0.5) is 0 Å². The Morgan fingerprint density at radius 3 is 2.28 bits per heavy atom. The third-order valence-electron chi connectivity index (χ3n) is 3.95. The number of likely N-dealkylation sites (N-methyl/N-ethyl adjacent to an activating group) is 1. The first-order valence-electron chi connectivity index (χ1n) is 7.15. The molecule has 18 heavy (non-hydrogen) atoms. The lowest BCUT2D eigenvalue weighted by atomic mass is 10.1. The van der Waals surface area contributed by atoms with E-state index in [9.17, 15) is 0 Å². The highest BCUT2D eigenvalue weighted by Gasteiger charge is 2.22. The van der Waals surface area contributed by atoms with E-state index < -0.39 is 0 Å². The van der Waals surface area contributed by atoms with Gasteiger partial charge in [-0.1, -0.05) is 11.1 Å². The maximum absolute atomic E-state index is 3.96. The molecule has 0 bridgehead atoms. The van der Waals surface area contributed by atoms with Gasteiger partial charge in [-0.3, -0.25) is 0 Å². The number of hydrogen-bond donors (Lipinski definition) is 0. The minimum atomic E-state index is 0. The zero-order valence-electron chi connectivity index (χ0n) is 12.5. The van der Waals surface area contributed by atoms with E-state index in [0.29, 0.717) is 0 Å². The van der Waals surface area contributed by atoms with Crippen LogP contribution in [0.2, 0.25) is 0 Å². The van der Waals surface area contributed by atoms with Crippen LogP contribution in [-0.2, 0) is 0 Å². The molecule has 1 aliphatic heterocycles. The van der Waals surface area contributed by atoms with Crippen LogP contribution in [0, 0.1) is 0 Å². The number of allylic oxidation sites excluding steroid dienone is 2. The first-order chi connectivity index (χ1) is 8.02. The fourth-order valence-corrected chi connectivity index (χ4v) is 2.61. The third-order valence-corrected chi connectivity index (χ3v) is 3.95. The van der Waals surface area contributed by atoms with Crippen LogP contribution in [0.3, 0.4) is 0 Å². The molecule has 0 aromatic rings. The van der Waals surface area contributed by atoms with Crippen molar-refractivity contribution in [2.45, 2.75) is 52.4 Å². The lowest BCUT2D eigenvalue weighted by Gasteiger charge is -2.37. The molecule has 0 aliphatic carbocycles. The number of likely N-dealkylation sites (tertiary alicyclic amines) is 1. The molecule has 0 saturated carbocycles. The molecular weight excluding hydrogens is 333 g/mol. The second-order valence-corrected chi connectivity index (χ2v) is 6.17. The van der Waals surface area contributed by atoms with E-state index in [1.54, 1.807) is 5.57 Å². The zero-order valence-corrected chi connectivity index (χ0v) is 14.6. The predicted molar refractivity (Wildman–Crippen MR) is 77.1 cm³/mol. The van der Waals surface area contributed by atoms with E-state index in [1.165, 1.54) is 68.2 Å². The number of piperidine rings is 1. The standard InChI is InChI=1S/C16H30N.HI/c1-15(2)9-8-10-16(3)11-14-17(4)12-6-5-7-13-17;/h11H,1,5-10,12-14H2,2-4H3;1H/q+1;/p-1/b16-11+;. The summed E-state index contributed by atoms with van der Waals surface area (Å²) in [6.07, 6.45) is 10.4. The van der Waals surface area contributed by atoms with E-state index in [4.69, 9.17) is 0 Å². The molecule has 0 unspecified atom stereocenters. The molecule has 0 radical (unpaired) electrons. The number of hydrogen-bond acceptors (Lipinski definition) is 0. The summed E-state index contributed by atoms with van der Waals surface area (Å²) in [5.74, 6) is 0. The van der Waals surface area contributed by atoms with Gasteiger partial charge in [0.15, 0.2) is 0 Å². The normalized spacial score (nSPS) is 19.2. The zero-order chi connectivity index (χ0) is 12.7. The van der Waals surface area contributed by atoms with Gasteiger partial charge in [0.05, 0.1) is 26.7 Å². The van der Waals surface area contributed by atoms with Gasteiger partial charge in [-0.05, 0) is 58.4 Å². The van der Waals surface area contributed by atoms with E-state index in [2.05, 4.69) is 33.6 Å². The van der Waals surface area contributed by atoms with Crippen LogP contribution in [0.15, 0.2) is 23.8 Å². The Hall–Kier alpha value is 0.170. The molecule has 2 heteroatoms. The average molecular weight is 363 g/mol. The molecule has 1 rings (SSSR count). The van der Waals surface area contributed by atoms with Gasteiger partial charge in [0, 0.05) is 0 Å². The molecule has 1 fully saturated rings. The lowest BCUT2D eigenvalue weighted by Crippen LogP contribution is -3.00. The summed E-state index contributed by atoms with van der Waals surface area (Å²) in [7, 11) is 2.41. The fourth-order valence-electron chi connectivity index (χ4n) is 2.61. The SMILES string of the molecule is C=C(C)CCC/C(C)=C/C[N+]1(C)CCCCC1.[I-]. The molecule has 0 atom stereocenters. The number of nitrogens with zero attached hydrogens (tertiary/aromatic N) is 1. The summed E-state index contributed by atoms with van der Waals surface area (Å²) in [4.78, 5) is 0. The summed E-state index contributed by atoms with van der Waals surface area (Å²) >= 11 is 0. The highest BCUT2D eigenvalue weighted by molar-refractivity contribution is 4.99. The molecule has 1 nitrogen and oxygen atoms in total. The maximum atomic E-state index is 3.96. The second-order valence-electron chi connectivity index (χ2n) is 6.17. The van der Waals surface area contributed by atoms with Gasteiger partial charge in [-0.25, -0.2) is 0 Å². The maximum Gasteiger partial charge on any atom is 0.0974 e. The molecular formula is C16H30IN. The van der Waals surface area contributed by atoms with E-state index in [0.717, 1.165) is 0 Å². The summed E-state index contributed by atoms with van der Waals surface area (Å²) < 4.78 is 1.26. The van der Waals surface area contributed by atoms with Crippen molar-refractivity contribution >= 4 is 0 Å². The first kappa shape index (κ1) is 18.2. The quantitative estimate of drug-likeness (QED) is 0.379. The van der Waals surface area contributed by atoms with Crippen LogP contribution >= 0.6 is 0 Å². The topological polar surface area (TPSA) is 0 Å². The second kappa shape index (κ2) is 9.13. The highest BCUT2D eigenvalue weighted by atomic mass is 127.